The molecular formula is C22H39NO3. The number of nitrogens with zero attached hydrogens (tertiary/aromatic N) is 1. The molecule has 2 atom stereocenters. The lowest BCUT2D eigenvalue weighted by Gasteiger charge is -2.19. The zero-order valence-corrected chi connectivity index (χ0v) is 17.4. The number of amides is 1. The smallest absolute Gasteiger partial charge is 0.333 e. The lowest BCUT2D eigenvalue weighted by molar-refractivity contribution is -0.144. The van der Waals surface area contributed by atoms with E-state index in [1.54, 1.807) is 13.0 Å². The van der Waals surface area contributed by atoms with Crippen LogP contribution in [0.1, 0.15) is 91.9 Å². The first kappa shape index (κ1) is 22.7. The summed E-state index contributed by atoms with van der Waals surface area (Å²) in [6, 6.07) is 0. The molecule has 0 radical (unpaired) electrons. The Morgan fingerprint density at radius 3 is 2.46 bits per heavy atom. The first-order valence-corrected chi connectivity index (χ1v) is 10.6. The number of carbonyl (C=O) groups excluding carboxylic acids is 2. The van der Waals surface area contributed by atoms with Crippen molar-refractivity contribution in [3.05, 3.63) is 11.6 Å². The largest absolute Gasteiger partial charge is 0.459 e. The van der Waals surface area contributed by atoms with Crippen LogP contribution in [0, 0.1) is 5.92 Å². The van der Waals surface area contributed by atoms with E-state index < -0.39 is 0 Å². The molecule has 1 aliphatic heterocycles. The molecule has 150 valence electrons. The van der Waals surface area contributed by atoms with Crippen molar-refractivity contribution in [1.29, 1.82) is 0 Å². The normalized spacial score (nSPS) is 18.8. The van der Waals surface area contributed by atoms with Gasteiger partial charge in [-0.25, -0.2) is 4.79 Å². The van der Waals surface area contributed by atoms with Gasteiger partial charge in [0.2, 0.25) is 5.91 Å². The van der Waals surface area contributed by atoms with Gasteiger partial charge in [-0.1, -0.05) is 51.5 Å². The van der Waals surface area contributed by atoms with Gasteiger partial charge in [-0.05, 0) is 46.0 Å². The topological polar surface area (TPSA) is 46.6 Å². The van der Waals surface area contributed by atoms with Gasteiger partial charge < -0.3 is 9.64 Å². The lowest BCUT2D eigenvalue weighted by Crippen LogP contribution is -2.29. The van der Waals surface area contributed by atoms with Gasteiger partial charge in [0.15, 0.2) is 0 Å². The second-order valence-corrected chi connectivity index (χ2v) is 7.79. The van der Waals surface area contributed by atoms with E-state index in [-0.39, 0.29) is 12.1 Å². The second kappa shape index (κ2) is 12.9. The van der Waals surface area contributed by atoms with Crippen LogP contribution in [0.15, 0.2) is 11.6 Å². The van der Waals surface area contributed by atoms with Crippen LogP contribution >= 0.6 is 0 Å². The number of hydrogen-bond donors (Lipinski definition) is 0. The Bertz CT molecular complexity index is 458. The Hall–Kier alpha value is -1.32. The highest BCUT2D eigenvalue weighted by Gasteiger charge is 2.27. The fraction of sp³-hybridized carbons (Fsp3) is 0.818. The highest BCUT2D eigenvalue weighted by atomic mass is 16.5. The monoisotopic (exact) mass is 365 g/mol. The molecular weight excluding hydrogens is 326 g/mol. The van der Waals surface area contributed by atoms with Crippen LogP contribution < -0.4 is 0 Å². The molecule has 0 unspecified atom stereocenters. The predicted molar refractivity (Wildman–Crippen MR) is 107 cm³/mol. The molecule has 0 aliphatic carbocycles. The Labute approximate surface area is 160 Å². The minimum absolute atomic E-state index is 0.0967. The fourth-order valence-corrected chi connectivity index (χ4v) is 3.55. The molecule has 1 amide bonds. The van der Waals surface area contributed by atoms with Crippen molar-refractivity contribution in [3.8, 4) is 0 Å². The maximum absolute atomic E-state index is 12.4. The highest BCUT2D eigenvalue weighted by Crippen LogP contribution is 2.23. The predicted octanol–water partition coefficient (Wildman–Crippen LogP) is 5.26. The van der Waals surface area contributed by atoms with E-state index in [1.165, 1.54) is 38.5 Å². The Balaban J connectivity index is 2.18. The van der Waals surface area contributed by atoms with E-state index in [0.717, 1.165) is 32.4 Å². The van der Waals surface area contributed by atoms with Crippen LogP contribution in [0.3, 0.4) is 0 Å². The summed E-state index contributed by atoms with van der Waals surface area (Å²) in [7, 11) is 0. The van der Waals surface area contributed by atoms with Crippen LogP contribution in [0.5, 0.6) is 0 Å². The fourth-order valence-electron chi connectivity index (χ4n) is 3.55. The van der Waals surface area contributed by atoms with Crippen molar-refractivity contribution >= 4 is 11.9 Å². The molecule has 4 heteroatoms. The molecule has 0 spiro atoms. The van der Waals surface area contributed by atoms with E-state index >= 15 is 0 Å². The van der Waals surface area contributed by atoms with Gasteiger partial charge in [0.05, 0.1) is 6.10 Å². The maximum atomic E-state index is 12.4. The van der Waals surface area contributed by atoms with Crippen molar-refractivity contribution in [3.63, 3.8) is 0 Å². The van der Waals surface area contributed by atoms with Crippen molar-refractivity contribution < 1.29 is 14.3 Å². The van der Waals surface area contributed by atoms with Crippen LogP contribution in [-0.2, 0) is 14.3 Å². The van der Waals surface area contributed by atoms with Gasteiger partial charge in [-0.2, -0.15) is 0 Å². The van der Waals surface area contributed by atoms with Crippen molar-refractivity contribution in [2.24, 2.45) is 5.92 Å². The molecule has 1 fully saturated rings. The summed E-state index contributed by atoms with van der Waals surface area (Å²) >= 11 is 0. The Morgan fingerprint density at radius 2 is 1.81 bits per heavy atom. The van der Waals surface area contributed by atoms with Crippen molar-refractivity contribution in [2.45, 2.75) is 98.0 Å². The molecule has 0 saturated carbocycles. The summed E-state index contributed by atoms with van der Waals surface area (Å²) in [5.41, 5.74) is 0.648. The minimum Gasteiger partial charge on any atom is -0.459 e. The van der Waals surface area contributed by atoms with Crippen molar-refractivity contribution in [2.75, 3.05) is 13.1 Å². The maximum Gasteiger partial charge on any atom is 0.333 e. The SMILES string of the molecule is C/C=C(\C)C(=O)O[C@@H](C)C[C@H]1CCN(C(=O)CCCCCCCCC)C1. The number of likely N-dealkylation sites (tertiary alicyclic amines) is 1. The molecule has 0 aromatic rings. The van der Waals surface area contributed by atoms with Gasteiger partial charge in [-0.15, -0.1) is 0 Å². The molecule has 1 saturated heterocycles. The van der Waals surface area contributed by atoms with E-state index in [4.69, 9.17) is 4.74 Å². The first-order valence-electron chi connectivity index (χ1n) is 10.6. The van der Waals surface area contributed by atoms with E-state index in [9.17, 15) is 9.59 Å². The van der Waals surface area contributed by atoms with Crippen LogP contribution in [0.2, 0.25) is 0 Å². The molecule has 1 aliphatic rings. The number of rotatable bonds is 12. The average Bonchev–Trinajstić information content (AvgIpc) is 3.08. The molecule has 0 aromatic heterocycles. The molecule has 1 rings (SSSR count). The summed E-state index contributed by atoms with van der Waals surface area (Å²) in [5, 5.41) is 0. The van der Waals surface area contributed by atoms with Crippen molar-refractivity contribution in [1.82, 2.24) is 4.90 Å². The molecule has 1 heterocycles. The van der Waals surface area contributed by atoms with Gasteiger partial charge >= 0.3 is 5.97 Å². The Kier molecular flexibility index (Phi) is 11.3. The molecule has 0 bridgehead atoms. The molecule has 0 aromatic carbocycles. The third kappa shape index (κ3) is 8.86. The third-order valence-electron chi connectivity index (χ3n) is 5.36. The quantitative estimate of drug-likeness (QED) is 0.269. The number of allylic oxidation sites excluding steroid dienone is 1. The Morgan fingerprint density at radius 1 is 1.15 bits per heavy atom. The van der Waals surface area contributed by atoms with Crippen LogP contribution in [0.25, 0.3) is 0 Å². The minimum atomic E-state index is -0.232. The molecule has 0 N–H and O–H groups in total. The number of esters is 1. The lowest BCUT2D eigenvalue weighted by atomic mass is 10.0. The summed E-state index contributed by atoms with van der Waals surface area (Å²) in [6.45, 7) is 9.47. The van der Waals surface area contributed by atoms with Gasteiger partial charge in [0.1, 0.15) is 0 Å². The van der Waals surface area contributed by atoms with Gasteiger partial charge in [0, 0.05) is 25.1 Å². The van der Waals surface area contributed by atoms with E-state index in [1.807, 2.05) is 18.7 Å². The summed E-state index contributed by atoms with van der Waals surface area (Å²) < 4.78 is 5.47. The summed E-state index contributed by atoms with van der Waals surface area (Å²) in [6.07, 6.45) is 12.9. The number of unbranched alkanes of at least 4 members (excludes halogenated alkanes) is 6. The summed E-state index contributed by atoms with van der Waals surface area (Å²) in [5.74, 6) is 0.516. The van der Waals surface area contributed by atoms with E-state index in [2.05, 4.69) is 6.92 Å². The standard InChI is InChI=1S/C22H39NO3/c1-5-7-8-9-10-11-12-13-21(24)23-15-14-20(17-23)16-19(4)26-22(25)18(3)6-2/h6,19-20H,5,7-17H2,1-4H3/b18-6+/t19-,20+/m0/s1. The third-order valence-corrected chi connectivity index (χ3v) is 5.36. The first-order chi connectivity index (χ1) is 12.5. The second-order valence-electron chi connectivity index (χ2n) is 7.79. The molecule has 4 nitrogen and oxygen atoms in total. The molecule has 26 heavy (non-hydrogen) atoms. The average molecular weight is 366 g/mol. The van der Waals surface area contributed by atoms with Crippen LogP contribution in [0.4, 0.5) is 0 Å². The number of carbonyl (C=O) groups is 2. The highest BCUT2D eigenvalue weighted by molar-refractivity contribution is 5.87. The summed E-state index contributed by atoms with van der Waals surface area (Å²) in [4.78, 5) is 26.2. The zero-order valence-electron chi connectivity index (χ0n) is 17.4. The van der Waals surface area contributed by atoms with Gasteiger partial charge in [0.25, 0.3) is 0 Å². The number of ether oxygens (including phenoxy) is 1. The zero-order chi connectivity index (χ0) is 19.4. The van der Waals surface area contributed by atoms with Gasteiger partial charge in [-0.3, -0.25) is 4.79 Å². The van der Waals surface area contributed by atoms with Crippen LogP contribution in [-0.4, -0.2) is 36.0 Å². The number of hydrogen-bond acceptors (Lipinski definition) is 3. The van der Waals surface area contributed by atoms with E-state index in [0.29, 0.717) is 23.8 Å².